The van der Waals surface area contributed by atoms with E-state index in [0.717, 1.165) is 69.1 Å². The topological polar surface area (TPSA) is 0 Å². The van der Waals surface area contributed by atoms with Crippen LogP contribution in [0.15, 0.2) is 299 Å². The Kier molecular flexibility index (Phi) is 21.7. The molecule has 0 saturated heterocycles. The summed E-state index contributed by atoms with van der Waals surface area (Å²) in [4.78, 5) is 0. The fraction of sp³-hybridized carbons (Fsp3) is 0.347. The van der Waals surface area contributed by atoms with Gasteiger partial charge in [-0.2, -0.15) is 0 Å². The first-order valence-corrected chi connectivity index (χ1v) is 39.7. The second-order valence-electron chi connectivity index (χ2n) is 31.7. The van der Waals surface area contributed by atoms with Crippen molar-refractivity contribution in [1.82, 2.24) is 0 Å². The quantitative estimate of drug-likeness (QED) is 0.0715. The van der Waals surface area contributed by atoms with Crippen molar-refractivity contribution in [2.45, 2.75) is 194 Å². The van der Waals surface area contributed by atoms with Crippen molar-refractivity contribution in [3.8, 4) is 0 Å². The van der Waals surface area contributed by atoms with Gasteiger partial charge in [0.05, 0.1) is 0 Å². The highest BCUT2D eigenvalue weighted by atomic mass is 14.4. The van der Waals surface area contributed by atoms with Crippen molar-refractivity contribution in [1.29, 1.82) is 0 Å². The predicted octanol–water partition coefficient (Wildman–Crippen LogP) is 25.7. The molecule has 0 spiro atoms. The summed E-state index contributed by atoms with van der Waals surface area (Å²) < 4.78 is 0. The molecule has 0 radical (unpaired) electrons. The zero-order valence-electron chi connectivity index (χ0n) is 61.2. The molecule has 3 atom stereocenters. The van der Waals surface area contributed by atoms with E-state index in [1.165, 1.54) is 215 Å². The van der Waals surface area contributed by atoms with E-state index in [1.807, 2.05) is 0 Å². The Morgan fingerprint density at radius 3 is 1.29 bits per heavy atom. The van der Waals surface area contributed by atoms with Gasteiger partial charge in [-0.1, -0.05) is 275 Å². The van der Waals surface area contributed by atoms with Gasteiger partial charge < -0.3 is 0 Å². The molecular weight excluding hydrogens is 1210 g/mol. The van der Waals surface area contributed by atoms with Crippen LogP contribution in [0.1, 0.15) is 201 Å². The minimum absolute atomic E-state index is 0.398. The Balaban J connectivity index is 0.000000123. The van der Waals surface area contributed by atoms with Crippen LogP contribution >= 0.6 is 0 Å². The molecule has 11 aliphatic rings. The van der Waals surface area contributed by atoms with Gasteiger partial charge in [-0.25, -0.2) is 0 Å². The normalized spacial score (nSPS) is 21.9. The molecule has 11 aliphatic carbocycles. The molecule has 101 heavy (non-hydrogen) atoms. The number of hydrogen-bond acceptors (Lipinski definition) is 0. The molecule has 17 rings (SSSR count). The number of allylic oxidation sites excluding steroid dienone is 30. The Labute approximate surface area is 607 Å². The summed E-state index contributed by atoms with van der Waals surface area (Å²) in [6.07, 6.45) is 73.3. The molecule has 0 bridgehead atoms. The average molecular weight is 1320 g/mol. The molecule has 1 saturated carbocycles. The second kappa shape index (κ2) is 32.2. The maximum Gasteiger partial charge on any atom is 0.0281 e. The van der Waals surface area contributed by atoms with Gasteiger partial charge in [-0.3, -0.25) is 0 Å². The molecular formula is C101H108. The number of hydrogen-bond donors (Lipinski definition) is 0. The number of rotatable bonds is 20. The summed E-state index contributed by atoms with van der Waals surface area (Å²) in [6.45, 7) is 9.23. The monoisotopic (exact) mass is 1320 g/mol. The molecule has 0 heterocycles. The van der Waals surface area contributed by atoms with Crippen LogP contribution < -0.4 is 0 Å². The fourth-order valence-electron chi connectivity index (χ4n) is 18.5. The molecule has 0 N–H and O–H groups in total. The lowest BCUT2D eigenvalue weighted by Gasteiger charge is -2.31. The van der Waals surface area contributed by atoms with Crippen molar-refractivity contribution in [3.63, 3.8) is 0 Å². The van der Waals surface area contributed by atoms with Gasteiger partial charge in [-0.05, 0) is 319 Å². The zero-order chi connectivity index (χ0) is 68.4. The van der Waals surface area contributed by atoms with Crippen LogP contribution in [0.4, 0.5) is 0 Å². The van der Waals surface area contributed by atoms with Gasteiger partial charge >= 0.3 is 0 Å². The standard InChI is InChI=1S/C36H36.C34H34.C31H38/c1-2-26-12-14-27(15-13-26)6-3-7-28-16-18-29(19-17-28)24-32-22-23-35(36-11-5-10-34(32)36)33-21-20-30-8-4-9-31(30)25-33;1-24-11-12-26(21-24)6-2-5-25-13-15-27(16-14-25)22-30-19-20-33(34-10-4-9-32(30)34)31-18-17-28-7-3-8-29(28)23-31;1-22(2)24-15-17-26(18-16-24)25-13-11-23(12-14-25)21-28-19-20-30(27-7-4-3-5-8-27)31-10-6-9-29(28)31/h5,10-23,25,36H,2-4,6-9,24H2,1H3;4,9-10,12-21,23,34H,2-3,5-8,11,22H2,1H3;6-7,9-14,19-20,22,24,26,31H,3-5,8,15-18,21H2,1-2H3. The molecule has 1 fully saturated rings. The highest BCUT2D eigenvalue weighted by Gasteiger charge is 2.31. The minimum atomic E-state index is 0.398. The maximum atomic E-state index is 2.49. The van der Waals surface area contributed by atoms with Crippen LogP contribution in [0.3, 0.4) is 0 Å². The van der Waals surface area contributed by atoms with E-state index < -0.39 is 0 Å². The van der Waals surface area contributed by atoms with E-state index in [-0.39, 0.29) is 0 Å². The summed E-state index contributed by atoms with van der Waals surface area (Å²) in [6, 6.07) is 51.8. The van der Waals surface area contributed by atoms with Crippen molar-refractivity contribution >= 4 is 11.1 Å². The average Bonchev–Trinajstić information content (AvgIpc) is 1.72. The lowest BCUT2D eigenvalue weighted by Crippen LogP contribution is -2.17. The van der Waals surface area contributed by atoms with Crippen molar-refractivity contribution < 1.29 is 0 Å². The van der Waals surface area contributed by atoms with Gasteiger partial charge in [0.1, 0.15) is 0 Å². The van der Waals surface area contributed by atoms with Crippen LogP contribution in [0.5, 0.6) is 0 Å². The summed E-state index contributed by atoms with van der Waals surface area (Å²) in [7, 11) is 0. The number of fused-ring (bicyclic) bond motifs is 5. The summed E-state index contributed by atoms with van der Waals surface area (Å²) >= 11 is 0. The Hall–Kier alpha value is -8.58. The number of aryl methyl sites for hydroxylation is 8. The molecule has 6 aromatic carbocycles. The van der Waals surface area contributed by atoms with Crippen LogP contribution in [-0.4, -0.2) is 0 Å². The van der Waals surface area contributed by atoms with E-state index in [2.05, 4.69) is 271 Å². The first kappa shape index (κ1) is 68.2. The van der Waals surface area contributed by atoms with Crippen LogP contribution in [0, 0.1) is 29.6 Å². The summed E-state index contributed by atoms with van der Waals surface area (Å²) in [5.41, 5.74) is 38.6. The van der Waals surface area contributed by atoms with E-state index >= 15 is 0 Å². The Morgan fingerprint density at radius 2 is 0.832 bits per heavy atom. The SMILES string of the molecule is CC(C)C1CCC(c2ccc(CC3=CC=C(C4=CCCCC4)C4C=CC=C34)cc2)CC1.CC1=CC(CCCc2ccc(CC3=CC=C(c4ccc5c(c4)CCC5)C4C=CC=C34)cc2)=CC1.CCc1ccc(CCCc2ccc(CC3=CC=C(c4ccc5c(c4)CCC5)C4C=CC=C34)cc2)cc1. The van der Waals surface area contributed by atoms with Crippen LogP contribution in [0.2, 0.25) is 0 Å². The van der Waals surface area contributed by atoms with Crippen molar-refractivity contribution in [2.24, 2.45) is 29.6 Å². The maximum absolute atomic E-state index is 2.49. The highest BCUT2D eigenvalue weighted by Crippen LogP contribution is 2.47. The van der Waals surface area contributed by atoms with Gasteiger partial charge in [0.2, 0.25) is 0 Å². The van der Waals surface area contributed by atoms with Gasteiger partial charge in [-0.15, -0.1) is 0 Å². The molecule has 0 amide bonds. The molecule has 512 valence electrons. The third kappa shape index (κ3) is 16.4. The van der Waals surface area contributed by atoms with E-state index in [1.54, 1.807) is 39.0 Å². The molecule has 0 aromatic heterocycles. The third-order valence-electron chi connectivity index (χ3n) is 24.6. The minimum Gasteiger partial charge on any atom is -0.0810 e. The lowest BCUT2D eigenvalue weighted by molar-refractivity contribution is 0.259. The first-order valence-electron chi connectivity index (χ1n) is 39.7. The van der Waals surface area contributed by atoms with Gasteiger partial charge in [0, 0.05) is 17.8 Å². The summed E-state index contributed by atoms with van der Waals surface area (Å²) in [5.74, 6) is 3.85. The molecule has 0 aliphatic heterocycles. The molecule has 0 nitrogen and oxygen atoms in total. The third-order valence-corrected chi connectivity index (χ3v) is 24.6. The van der Waals surface area contributed by atoms with Crippen molar-refractivity contribution in [2.75, 3.05) is 0 Å². The first-order chi connectivity index (χ1) is 49.7. The van der Waals surface area contributed by atoms with Crippen molar-refractivity contribution in [3.05, 3.63) is 376 Å². The second-order valence-corrected chi connectivity index (χ2v) is 31.7. The van der Waals surface area contributed by atoms with E-state index in [9.17, 15) is 0 Å². The Morgan fingerprint density at radius 1 is 0.386 bits per heavy atom. The molecule has 6 aromatic rings. The van der Waals surface area contributed by atoms with Gasteiger partial charge in [0.15, 0.2) is 0 Å². The van der Waals surface area contributed by atoms with Gasteiger partial charge in [0.25, 0.3) is 0 Å². The lowest BCUT2D eigenvalue weighted by atomic mass is 9.74. The molecule has 0 heteroatoms. The van der Waals surface area contributed by atoms with E-state index in [4.69, 9.17) is 0 Å². The number of benzene rings is 6. The van der Waals surface area contributed by atoms with Crippen LogP contribution in [0.25, 0.3) is 11.1 Å². The van der Waals surface area contributed by atoms with E-state index in [0.29, 0.717) is 17.8 Å². The highest BCUT2D eigenvalue weighted by molar-refractivity contribution is 5.80. The predicted molar refractivity (Wildman–Crippen MR) is 431 cm³/mol. The molecule has 3 unspecified atom stereocenters. The fourth-order valence-corrected chi connectivity index (χ4v) is 18.5. The Bertz CT molecular complexity index is 4490. The summed E-state index contributed by atoms with van der Waals surface area (Å²) in [5, 5.41) is 0. The largest absolute Gasteiger partial charge is 0.0810 e. The van der Waals surface area contributed by atoms with Crippen LogP contribution in [-0.2, 0) is 70.6 Å². The zero-order valence-corrected chi connectivity index (χ0v) is 61.2. The smallest absolute Gasteiger partial charge is 0.0281 e.